The van der Waals surface area contributed by atoms with E-state index in [9.17, 15) is 12.8 Å². The van der Waals surface area contributed by atoms with E-state index >= 15 is 0 Å². The minimum absolute atomic E-state index is 0.00285. The van der Waals surface area contributed by atoms with Crippen molar-refractivity contribution in [2.24, 2.45) is 5.73 Å². The van der Waals surface area contributed by atoms with Crippen molar-refractivity contribution in [2.75, 3.05) is 18.1 Å². The molecule has 0 atom stereocenters. The van der Waals surface area contributed by atoms with Crippen molar-refractivity contribution < 1.29 is 12.8 Å². The van der Waals surface area contributed by atoms with E-state index in [0.29, 0.717) is 0 Å². The normalized spacial score (nSPS) is 16.3. The zero-order valence-corrected chi connectivity index (χ0v) is 13.1. The molecule has 0 amide bonds. The molecule has 1 aromatic carbocycles. The topological polar surface area (TPSA) is 72.2 Å². The van der Waals surface area contributed by atoms with Gasteiger partial charge < -0.3 is 5.73 Å². The first kappa shape index (κ1) is 16.3. The molecule has 114 valence electrons. The highest BCUT2D eigenvalue weighted by atomic mass is 32.2. The molecule has 0 radical (unpaired) electrons. The second-order valence-electron chi connectivity index (χ2n) is 4.65. The third kappa shape index (κ3) is 4.45. The molecule has 3 N–H and O–H groups in total. The van der Waals surface area contributed by atoms with Gasteiger partial charge in [-0.1, -0.05) is 11.8 Å². The van der Waals surface area contributed by atoms with Gasteiger partial charge in [0, 0.05) is 11.6 Å². The van der Waals surface area contributed by atoms with Crippen molar-refractivity contribution in [3.8, 4) is 11.8 Å². The molecule has 0 saturated carbocycles. The van der Waals surface area contributed by atoms with E-state index in [0.717, 1.165) is 36.5 Å². The van der Waals surface area contributed by atoms with Crippen LogP contribution >= 0.6 is 11.8 Å². The number of nitrogens with one attached hydrogen (secondary N) is 1. The number of halogens is 1. The van der Waals surface area contributed by atoms with Gasteiger partial charge in [-0.3, -0.25) is 0 Å². The molecule has 0 aliphatic carbocycles. The molecule has 21 heavy (non-hydrogen) atoms. The Morgan fingerprint density at radius 2 is 2.10 bits per heavy atom. The van der Waals surface area contributed by atoms with Crippen LogP contribution in [-0.2, 0) is 10.0 Å². The fraction of sp³-hybridized carbons (Fsp3) is 0.429. The van der Waals surface area contributed by atoms with Gasteiger partial charge in [-0.05, 0) is 42.5 Å². The van der Waals surface area contributed by atoms with Crippen molar-refractivity contribution in [1.82, 2.24) is 4.72 Å². The Balaban J connectivity index is 2.30. The van der Waals surface area contributed by atoms with Gasteiger partial charge in [0.15, 0.2) is 0 Å². The molecule has 1 aliphatic heterocycles. The number of rotatable bonds is 3. The van der Waals surface area contributed by atoms with Crippen LogP contribution < -0.4 is 10.5 Å². The SMILES string of the molecule is NCC#Cc1cc(F)ccc1S(=O)(=O)NC1CCSCC1. The number of benzene rings is 1. The third-order valence-electron chi connectivity index (χ3n) is 3.10. The number of nitrogens with two attached hydrogens (primary N) is 1. The van der Waals surface area contributed by atoms with E-state index < -0.39 is 15.8 Å². The van der Waals surface area contributed by atoms with Crippen LogP contribution in [0.3, 0.4) is 0 Å². The Labute approximate surface area is 128 Å². The molecular formula is C14H17FN2O2S2. The highest BCUT2D eigenvalue weighted by Crippen LogP contribution is 2.21. The minimum Gasteiger partial charge on any atom is -0.320 e. The van der Waals surface area contributed by atoms with Gasteiger partial charge in [-0.25, -0.2) is 17.5 Å². The van der Waals surface area contributed by atoms with E-state index in [1.807, 2.05) is 11.8 Å². The summed E-state index contributed by atoms with van der Waals surface area (Å²) < 4.78 is 40.9. The van der Waals surface area contributed by atoms with Gasteiger partial charge in [0.05, 0.1) is 11.4 Å². The highest BCUT2D eigenvalue weighted by Gasteiger charge is 2.24. The summed E-state index contributed by atoms with van der Waals surface area (Å²) >= 11 is 1.82. The lowest BCUT2D eigenvalue weighted by Gasteiger charge is -2.22. The molecule has 1 aliphatic rings. The fourth-order valence-corrected chi connectivity index (χ4v) is 4.63. The second kappa shape index (κ2) is 7.27. The zero-order valence-electron chi connectivity index (χ0n) is 11.4. The maximum atomic E-state index is 13.3. The number of hydrogen-bond donors (Lipinski definition) is 2. The summed E-state index contributed by atoms with van der Waals surface area (Å²) in [7, 11) is -3.71. The molecule has 0 spiro atoms. The predicted molar refractivity (Wildman–Crippen MR) is 83.0 cm³/mol. The van der Waals surface area contributed by atoms with E-state index in [1.165, 1.54) is 6.07 Å². The van der Waals surface area contributed by atoms with Crippen LogP contribution in [0.4, 0.5) is 4.39 Å². The molecule has 4 nitrogen and oxygen atoms in total. The van der Waals surface area contributed by atoms with E-state index in [-0.39, 0.29) is 23.0 Å². The summed E-state index contributed by atoms with van der Waals surface area (Å²) in [5.74, 6) is 6.54. The van der Waals surface area contributed by atoms with Gasteiger partial charge in [0.1, 0.15) is 5.82 Å². The van der Waals surface area contributed by atoms with E-state index in [4.69, 9.17) is 5.73 Å². The Hall–Kier alpha value is -1.07. The highest BCUT2D eigenvalue weighted by molar-refractivity contribution is 7.99. The molecule has 0 unspecified atom stereocenters. The average Bonchev–Trinajstić information content (AvgIpc) is 2.45. The van der Waals surface area contributed by atoms with Crippen LogP contribution in [0.25, 0.3) is 0 Å². The van der Waals surface area contributed by atoms with Gasteiger partial charge in [-0.2, -0.15) is 11.8 Å². The second-order valence-corrected chi connectivity index (χ2v) is 7.56. The summed E-state index contributed by atoms with van der Waals surface area (Å²) in [5.41, 5.74) is 5.43. The largest absolute Gasteiger partial charge is 0.320 e. The fourth-order valence-electron chi connectivity index (χ4n) is 2.08. The predicted octanol–water partition coefficient (Wildman–Crippen LogP) is 1.31. The maximum absolute atomic E-state index is 13.3. The molecular weight excluding hydrogens is 311 g/mol. The summed E-state index contributed by atoms with van der Waals surface area (Å²) in [4.78, 5) is 0.00285. The zero-order chi connectivity index (χ0) is 15.3. The first-order valence-corrected chi connectivity index (χ1v) is 9.25. The lowest BCUT2D eigenvalue weighted by atomic mass is 10.2. The van der Waals surface area contributed by atoms with E-state index in [1.54, 1.807) is 0 Å². The summed E-state index contributed by atoms with van der Waals surface area (Å²) in [6.45, 7) is 0.0866. The number of hydrogen-bond acceptors (Lipinski definition) is 4. The van der Waals surface area contributed by atoms with Gasteiger partial charge >= 0.3 is 0 Å². The Morgan fingerprint density at radius 3 is 2.76 bits per heavy atom. The molecule has 2 rings (SSSR count). The third-order valence-corrected chi connectivity index (χ3v) is 5.73. The van der Waals surface area contributed by atoms with E-state index in [2.05, 4.69) is 16.6 Å². The van der Waals surface area contributed by atoms with Crippen molar-refractivity contribution in [3.63, 3.8) is 0 Å². The van der Waals surface area contributed by atoms with Gasteiger partial charge in [-0.15, -0.1) is 0 Å². The van der Waals surface area contributed by atoms with Gasteiger partial charge in [0.2, 0.25) is 10.0 Å². The summed E-state index contributed by atoms with van der Waals surface area (Å²) in [6.07, 6.45) is 1.60. The number of sulfonamides is 1. The standard InChI is InChI=1S/C14H17FN2O2S2/c15-12-3-4-14(11(10-12)2-1-7-16)21(18,19)17-13-5-8-20-9-6-13/h3-4,10,13,17H,5-9,16H2. The Bertz CT molecular complexity index is 659. The summed E-state index contributed by atoms with van der Waals surface area (Å²) in [5, 5.41) is 0. The average molecular weight is 328 g/mol. The Morgan fingerprint density at radius 1 is 1.38 bits per heavy atom. The lowest BCUT2D eigenvalue weighted by Crippen LogP contribution is -2.37. The smallest absolute Gasteiger partial charge is 0.242 e. The van der Waals surface area contributed by atoms with Crippen molar-refractivity contribution in [2.45, 2.75) is 23.8 Å². The molecule has 1 heterocycles. The van der Waals surface area contributed by atoms with Crippen LogP contribution in [0.15, 0.2) is 23.1 Å². The van der Waals surface area contributed by atoms with Crippen molar-refractivity contribution >= 4 is 21.8 Å². The quantitative estimate of drug-likeness (QED) is 0.821. The van der Waals surface area contributed by atoms with Crippen LogP contribution in [0, 0.1) is 17.7 Å². The van der Waals surface area contributed by atoms with Crippen LogP contribution in [-0.4, -0.2) is 32.5 Å². The van der Waals surface area contributed by atoms with Crippen LogP contribution in [0.1, 0.15) is 18.4 Å². The van der Waals surface area contributed by atoms with Gasteiger partial charge in [0.25, 0.3) is 0 Å². The minimum atomic E-state index is -3.71. The monoisotopic (exact) mass is 328 g/mol. The van der Waals surface area contributed by atoms with Crippen LogP contribution in [0.2, 0.25) is 0 Å². The van der Waals surface area contributed by atoms with Crippen molar-refractivity contribution in [1.29, 1.82) is 0 Å². The molecule has 1 saturated heterocycles. The number of thioether (sulfide) groups is 1. The molecule has 7 heteroatoms. The molecule has 1 aromatic rings. The summed E-state index contributed by atoms with van der Waals surface area (Å²) in [6, 6.07) is 3.42. The molecule has 1 fully saturated rings. The first-order valence-electron chi connectivity index (χ1n) is 6.61. The first-order chi connectivity index (χ1) is 10.0. The molecule has 0 bridgehead atoms. The Kier molecular flexibility index (Phi) is 5.65. The lowest BCUT2D eigenvalue weighted by molar-refractivity contribution is 0.528. The van der Waals surface area contributed by atoms with Crippen LogP contribution in [0.5, 0.6) is 0 Å². The molecule has 0 aromatic heterocycles. The maximum Gasteiger partial charge on any atom is 0.242 e. The van der Waals surface area contributed by atoms with Crippen molar-refractivity contribution in [3.05, 3.63) is 29.6 Å².